The Bertz CT molecular complexity index is 792. The minimum Gasteiger partial charge on any atom is -0.336 e. The molecule has 1 atom stereocenters. The monoisotopic (exact) mass is 295 g/mol. The Labute approximate surface area is 128 Å². The first-order valence-corrected chi connectivity index (χ1v) is 7.53. The highest BCUT2D eigenvalue weighted by molar-refractivity contribution is 5.99. The summed E-state index contributed by atoms with van der Waals surface area (Å²) >= 11 is 0. The van der Waals surface area contributed by atoms with Crippen molar-refractivity contribution in [2.75, 3.05) is 13.1 Å². The number of imidazole rings is 1. The van der Waals surface area contributed by atoms with Gasteiger partial charge in [0.25, 0.3) is 5.91 Å². The summed E-state index contributed by atoms with van der Waals surface area (Å²) in [5.41, 5.74) is 1.38. The van der Waals surface area contributed by atoms with E-state index in [0.717, 1.165) is 19.4 Å². The Morgan fingerprint density at radius 1 is 1.18 bits per heavy atom. The molecular weight excluding hydrogens is 278 g/mol. The highest BCUT2D eigenvalue weighted by Crippen LogP contribution is 2.23. The van der Waals surface area contributed by atoms with Crippen LogP contribution >= 0.6 is 0 Å². The second-order valence-corrected chi connectivity index (χ2v) is 5.61. The molecule has 4 rings (SSSR count). The number of aromatic nitrogens is 4. The third-order valence-electron chi connectivity index (χ3n) is 4.23. The Kier molecular flexibility index (Phi) is 3.14. The van der Waals surface area contributed by atoms with E-state index in [-0.39, 0.29) is 11.9 Å². The number of nitrogens with zero attached hydrogens (tertiary/aromatic N) is 5. The van der Waals surface area contributed by atoms with Gasteiger partial charge in [0.1, 0.15) is 5.65 Å². The van der Waals surface area contributed by atoms with Gasteiger partial charge in [0.05, 0.1) is 11.6 Å². The number of likely N-dealkylation sites (tertiary alicyclic amines) is 1. The van der Waals surface area contributed by atoms with Crippen LogP contribution in [0.15, 0.2) is 49.2 Å². The van der Waals surface area contributed by atoms with E-state index in [1.807, 2.05) is 50.8 Å². The summed E-state index contributed by atoms with van der Waals surface area (Å²) in [6.45, 7) is 1.49. The maximum Gasteiger partial charge on any atom is 0.257 e. The minimum absolute atomic E-state index is 0.0497. The number of amides is 1. The van der Waals surface area contributed by atoms with Gasteiger partial charge in [-0.25, -0.2) is 4.98 Å². The Balaban J connectivity index is 1.61. The molecule has 0 radical (unpaired) electrons. The molecule has 0 aromatic carbocycles. The van der Waals surface area contributed by atoms with E-state index in [1.54, 1.807) is 12.4 Å². The highest BCUT2D eigenvalue weighted by Gasteiger charge is 2.26. The van der Waals surface area contributed by atoms with Crippen LogP contribution in [-0.4, -0.2) is 43.1 Å². The molecule has 112 valence electrons. The minimum atomic E-state index is 0.0497. The van der Waals surface area contributed by atoms with Gasteiger partial charge in [-0.1, -0.05) is 0 Å². The van der Waals surface area contributed by atoms with E-state index < -0.39 is 0 Å². The summed E-state index contributed by atoms with van der Waals surface area (Å²) in [6.07, 6.45) is 11.3. The van der Waals surface area contributed by atoms with E-state index in [9.17, 15) is 4.79 Å². The highest BCUT2D eigenvalue weighted by atomic mass is 16.2. The first kappa shape index (κ1) is 13.1. The second-order valence-electron chi connectivity index (χ2n) is 5.61. The lowest BCUT2D eigenvalue weighted by atomic mass is 10.0. The van der Waals surface area contributed by atoms with Crippen LogP contribution in [0, 0.1) is 0 Å². The average Bonchev–Trinajstić information content (AvgIpc) is 3.25. The number of carbonyl (C=O) groups is 1. The average molecular weight is 295 g/mol. The summed E-state index contributed by atoms with van der Waals surface area (Å²) in [7, 11) is 0. The fraction of sp³-hybridized carbons (Fsp3) is 0.312. The largest absolute Gasteiger partial charge is 0.336 e. The van der Waals surface area contributed by atoms with Gasteiger partial charge in [0.2, 0.25) is 0 Å². The summed E-state index contributed by atoms with van der Waals surface area (Å²) in [5.74, 6) is 0.0497. The molecule has 0 bridgehead atoms. The number of piperidine rings is 1. The molecule has 1 aliphatic rings. The summed E-state index contributed by atoms with van der Waals surface area (Å²) in [4.78, 5) is 19.1. The van der Waals surface area contributed by atoms with E-state index in [4.69, 9.17) is 0 Å². The number of fused-ring (bicyclic) bond motifs is 1. The van der Waals surface area contributed by atoms with Gasteiger partial charge in [-0.3, -0.25) is 9.48 Å². The molecule has 4 heterocycles. The lowest BCUT2D eigenvalue weighted by Gasteiger charge is -2.33. The molecule has 0 N–H and O–H groups in total. The molecule has 1 aliphatic heterocycles. The van der Waals surface area contributed by atoms with Crippen LogP contribution in [0.25, 0.3) is 5.65 Å². The number of rotatable bonds is 2. The predicted molar refractivity (Wildman–Crippen MR) is 81.6 cm³/mol. The van der Waals surface area contributed by atoms with Gasteiger partial charge in [-0.05, 0) is 31.0 Å². The van der Waals surface area contributed by atoms with Crippen molar-refractivity contribution in [1.29, 1.82) is 0 Å². The zero-order valence-corrected chi connectivity index (χ0v) is 12.2. The molecule has 6 heteroatoms. The molecule has 0 spiro atoms. The Morgan fingerprint density at radius 2 is 2.14 bits per heavy atom. The van der Waals surface area contributed by atoms with Gasteiger partial charge in [0, 0.05) is 44.1 Å². The van der Waals surface area contributed by atoms with Crippen LogP contribution < -0.4 is 0 Å². The Hall–Kier alpha value is -2.63. The van der Waals surface area contributed by atoms with Gasteiger partial charge in [0.15, 0.2) is 0 Å². The van der Waals surface area contributed by atoms with Gasteiger partial charge < -0.3 is 9.30 Å². The summed E-state index contributed by atoms with van der Waals surface area (Å²) in [6, 6.07) is 5.91. The van der Waals surface area contributed by atoms with Crippen molar-refractivity contribution in [2.24, 2.45) is 0 Å². The number of hydrogen-bond acceptors (Lipinski definition) is 3. The van der Waals surface area contributed by atoms with Crippen LogP contribution in [0.1, 0.15) is 29.2 Å². The predicted octanol–water partition coefficient (Wildman–Crippen LogP) is 2.01. The van der Waals surface area contributed by atoms with Crippen LogP contribution in [0.4, 0.5) is 0 Å². The van der Waals surface area contributed by atoms with Crippen molar-refractivity contribution in [3.63, 3.8) is 0 Å². The first-order chi connectivity index (χ1) is 10.8. The smallest absolute Gasteiger partial charge is 0.257 e. The van der Waals surface area contributed by atoms with Crippen LogP contribution in [0.5, 0.6) is 0 Å². The zero-order valence-electron chi connectivity index (χ0n) is 12.2. The Morgan fingerprint density at radius 3 is 3.00 bits per heavy atom. The summed E-state index contributed by atoms with van der Waals surface area (Å²) in [5, 5.41) is 4.31. The van der Waals surface area contributed by atoms with E-state index in [2.05, 4.69) is 10.1 Å². The molecule has 1 saturated heterocycles. The fourth-order valence-corrected chi connectivity index (χ4v) is 3.14. The SMILES string of the molecule is O=C(c1cccn2ccnc12)N1CCCC(n2cccn2)C1. The quantitative estimate of drug-likeness (QED) is 0.726. The molecule has 1 fully saturated rings. The first-order valence-electron chi connectivity index (χ1n) is 7.53. The summed E-state index contributed by atoms with van der Waals surface area (Å²) < 4.78 is 3.83. The maximum absolute atomic E-state index is 12.9. The molecule has 1 unspecified atom stereocenters. The standard InChI is InChI=1S/C16H17N5O/c22-16(14-5-2-8-19-11-7-17-15(14)19)20-9-1-4-13(12-20)21-10-3-6-18-21/h2-3,5-8,10-11,13H,1,4,9,12H2. The lowest BCUT2D eigenvalue weighted by molar-refractivity contribution is 0.0674. The number of pyridine rings is 1. The fourth-order valence-electron chi connectivity index (χ4n) is 3.14. The van der Waals surface area contributed by atoms with Gasteiger partial charge in [-0.15, -0.1) is 0 Å². The molecular formula is C16H17N5O. The molecule has 1 amide bonds. The van der Waals surface area contributed by atoms with Crippen molar-refractivity contribution in [2.45, 2.75) is 18.9 Å². The van der Waals surface area contributed by atoms with Gasteiger partial charge in [-0.2, -0.15) is 5.10 Å². The second kappa shape index (κ2) is 5.29. The van der Waals surface area contributed by atoms with E-state index in [0.29, 0.717) is 17.8 Å². The molecule has 3 aromatic rings. The van der Waals surface area contributed by atoms with Crippen LogP contribution in [0.2, 0.25) is 0 Å². The molecule has 3 aromatic heterocycles. The van der Waals surface area contributed by atoms with Crippen molar-refractivity contribution >= 4 is 11.6 Å². The van der Waals surface area contributed by atoms with Crippen molar-refractivity contribution < 1.29 is 4.79 Å². The molecule has 22 heavy (non-hydrogen) atoms. The third-order valence-corrected chi connectivity index (χ3v) is 4.23. The topological polar surface area (TPSA) is 55.4 Å². The van der Waals surface area contributed by atoms with Crippen LogP contribution in [-0.2, 0) is 0 Å². The lowest BCUT2D eigenvalue weighted by Crippen LogP contribution is -2.41. The van der Waals surface area contributed by atoms with Crippen molar-refractivity contribution in [3.8, 4) is 0 Å². The van der Waals surface area contributed by atoms with Crippen molar-refractivity contribution in [1.82, 2.24) is 24.1 Å². The number of carbonyl (C=O) groups excluding carboxylic acids is 1. The zero-order chi connectivity index (χ0) is 14.9. The van der Waals surface area contributed by atoms with E-state index in [1.165, 1.54) is 0 Å². The number of hydrogen-bond donors (Lipinski definition) is 0. The molecule has 0 saturated carbocycles. The van der Waals surface area contributed by atoms with Crippen LogP contribution in [0.3, 0.4) is 0 Å². The van der Waals surface area contributed by atoms with Crippen molar-refractivity contribution in [3.05, 3.63) is 54.7 Å². The third kappa shape index (κ3) is 2.16. The molecule has 6 nitrogen and oxygen atoms in total. The van der Waals surface area contributed by atoms with Gasteiger partial charge >= 0.3 is 0 Å². The molecule has 0 aliphatic carbocycles. The van der Waals surface area contributed by atoms with E-state index >= 15 is 0 Å². The maximum atomic E-state index is 12.9. The normalized spacial score (nSPS) is 18.7.